The SMILES string of the molecule is Cc1cc(S(=O)C2CC3(CCN(C(C)C)CC3)C2)ccc1Nc1nc2c(cc(Cl)c(=O)n2C2CCCC2)s1. The zero-order valence-electron chi connectivity index (χ0n) is 22.5. The van der Waals surface area contributed by atoms with E-state index in [0.29, 0.717) is 17.1 Å². The third-order valence-electron chi connectivity index (χ3n) is 9.12. The Kier molecular flexibility index (Phi) is 7.21. The zero-order chi connectivity index (χ0) is 26.6. The van der Waals surface area contributed by atoms with Crippen molar-refractivity contribution in [2.75, 3.05) is 18.4 Å². The molecule has 1 aliphatic heterocycles. The van der Waals surface area contributed by atoms with Crippen LogP contribution in [0.2, 0.25) is 5.02 Å². The van der Waals surface area contributed by atoms with E-state index >= 15 is 0 Å². The molecule has 3 heterocycles. The van der Waals surface area contributed by atoms with E-state index in [1.807, 2.05) is 23.6 Å². The van der Waals surface area contributed by atoms with Crippen LogP contribution in [0, 0.1) is 12.3 Å². The molecule has 38 heavy (non-hydrogen) atoms. The van der Waals surface area contributed by atoms with Gasteiger partial charge < -0.3 is 10.2 Å². The summed E-state index contributed by atoms with van der Waals surface area (Å²) in [6.45, 7) is 8.94. The van der Waals surface area contributed by atoms with Crippen LogP contribution in [0.25, 0.3) is 10.3 Å². The highest BCUT2D eigenvalue weighted by Gasteiger charge is 2.48. The van der Waals surface area contributed by atoms with Gasteiger partial charge in [0.25, 0.3) is 5.56 Å². The van der Waals surface area contributed by atoms with Crippen LogP contribution < -0.4 is 10.9 Å². The Hall–Kier alpha value is -1.74. The molecule has 204 valence electrons. The van der Waals surface area contributed by atoms with Gasteiger partial charge in [-0.2, -0.15) is 0 Å². The van der Waals surface area contributed by atoms with Crippen LogP contribution in [0.5, 0.6) is 0 Å². The number of anilines is 2. The van der Waals surface area contributed by atoms with Gasteiger partial charge in [-0.25, -0.2) is 4.98 Å². The van der Waals surface area contributed by atoms with Crippen LogP contribution in [0.1, 0.15) is 76.8 Å². The average molecular weight is 573 g/mol. The standard InChI is InChI=1S/C29H37ClN4O2S2/c1-18(2)33-12-10-29(11-13-33)16-22(17-29)38(36)21-8-9-24(19(3)14-21)31-28-32-26-25(37-28)15-23(30)27(35)34(26)20-6-4-5-7-20/h8-9,14-15,18,20,22H,4-7,10-13,16-17H2,1-3H3,(H,31,32). The monoisotopic (exact) mass is 572 g/mol. The van der Waals surface area contributed by atoms with Gasteiger partial charge in [-0.05, 0) is 108 Å². The van der Waals surface area contributed by atoms with Crippen LogP contribution >= 0.6 is 22.9 Å². The van der Waals surface area contributed by atoms with Crippen molar-refractivity contribution in [2.45, 2.75) is 94.4 Å². The first-order chi connectivity index (χ1) is 18.2. The molecule has 2 saturated carbocycles. The quantitative estimate of drug-likeness (QED) is 0.343. The Morgan fingerprint density at radius 1 is 1.16 bits per heavy atom. The van der Waals surface area contributed by atoms with E-state index in [9.17, 15) is 9.00 Å². The van der Waals surface area contributed by atoms with E-state index < -0.39 is 10.8 Å². The maximum Gasteiger partial charge on any atom is 0.271 e. The molecule has 1 N–H and O–H groups in total. The number of piperidine rings is 1. The number of pyridine rings is 1. The van der Waals surface area contributed by atoms with Crippen LogP contribution in [0.15, 0.2) is 34.0 Å². The number of rotatable bonds is 6. The van der Waals surface area contributed by atoms with Gasteiger partial charge in [0.15, 0.2) is 10.8 Å². The molecule has 0 bridgehead atoms. The van der Waals surface area contributed by atoms with Gasteiger partial charge >= 0.3 is 0 Å². The molecular formula is C29H37ClN4O2S2. The summed E-state index contributed by atoms with van der Waals surface area (Å²) in [5, 5.41) is 4.70. The molecule has 1 spiro atoms. The summed E-state index contributed by atoms with van der Waals surface area (Å²) in [6.07, 6.45) is 8.89. The van der Waals surface area contributed by atoms with Crippen molar-refractivity contribution < 1.29 is 4.21 Å². The second-order valence-electron chi connectivity index (χ2n) is 11.9. The third kappa shape index (κ3) is 4.87. The highest BCUT2D eigenvalue weighted by atomic mass is 35.5. The molecule has 1 saturated heterocycles. The predicted molar refractivity (Wildman–Crippen MR) is 159 cm³/mol. The van der Waals surface area contributed by atoms with Gasteiger partial charge in [-0.15, -0.1) is 0 Å². The molecule has 0 radical (unpaired) electrons. The maximum atomic E-state index is 13.4. The van der Waals surface area contributed by atoms with Crippen molar-refractivity contribution in [2.24, 2.45) is 5.41 Å². The number of nitrogens with zero attached hydrogens (tertiary/aromatic N) is 3. The largest absolute Gasteiger partial charge is 0.331 e. The van der Waals surface area contributed by atoms with Crippen molar-refractivity contribution in [1.82, 2.24) is 14.5 Å². The smallest absolute Gasteiger partial charge is 0.271 e. The van der Waals surface area contributed by atoms with E-state index in [2.05, 4.69) is 30.1 Å². The van der Waals surface area contributed by atoms with Gasteiger partial charge in [-0.3, -0.25) is 13.6 Å². The van der Waals surface area contributed by atoms with E-state index in [1.165, 1.54) is 37.3 Å². The van der Waals surface area contributed by atoms with Gasteiger partial charge in [0.1, 0.15) is 5.02 Å². The number of hydrogen-bond acceptors (Lipinski definition) is 6. The van der Waals surface area contributed by atoms with E-state index in [0.717, 1.165) is 64.5 Å². The van der Waals surface area contributed by atoms with Crippen LogP contribution in [0.4, 0.5) is 10.8 Å². The number of halogens is 1. The maximum absolute atomic E-state index is 13.4. The van der Waals surface area contributed by atoms with Crippen molar-refractivity contribution in [3.05, 3.63) is 45.2 Å². The van der Waals surface area contributed by atoms with E-state index in [1.54, 1.807) is 6.07 Å². The average Bonchev–Trinajstić information content (AvgIpc) is 3.54. The number of aryl methyl sites for hydroxylation is 1. The molecule has 0 amide bonds. The second kappa shape index (κ2) is 10.3. The number of aromatic nitrogens is 2. The highest BCUT2D eigenvalue weighted by Crippen LogP contribution is 2.52. The number of likely N-dealkylation sites (tertiary alicyclic amines) is 1. The number of hydrogen-bond donors (Lipinski definition) is 1. The fraction of sp³-hybridized carbons (Fsp3) is 0.586. The first-order valence-corrected chi connectivity index (χ1v) is 16.4. The molecule has 3 fully saturated rings. The number of thiazole rings is 1. The third-order valence-corrected chi connectivity index (χ3v) is 12.0. The normalized spacial score (nSPS) is 21.4. The summed E-state index contributed by atoms with van der Waals surface area (Å²) >= 11 is 7.82. The molecule has 2 aliphatic carbocycles. The lowest BCUT2D eigenvalue weighted by Crippen LogP contribution is -2.51. The molecule has 6 rings (SSSR count). The van der Waals surface area contributed by atoms with Gasteiger partial charge in [0.05, 0.1) is 15.5 Å². The Labute approximate surface area is 236 Å². The summed E-state index contributed by atoms with van der Waals surface area (Å²) in [5.41, 5.74) is 2.97. The summed E-state index contributed by atoms with van der Waals surface area (Å²) in [4.78, 5) is 21.2. The topological polar surface area (TPSA) is 67.2 Å². The minimum absolute atomic E-state index is 0.144. The molecule has 6 nitrogen and oxygen atoms in total. The number of fused-ring (bicyclic) bond motifs is 1. The fourth-order valence-corrected chi connectivity index (χ4v) is 9.79. The first-order valence-electron chi connectivity index (χ1n) is 14.0. The zero-order valence-corrected chi connectivity index (χ0v) is 24.9. The van der Waals surface area contributed by atoms with Crippen LogP contribution in [0.3, 0.4) is 0 Å². The highest BCUT2D eigenvalue weighted by molar-refractivity contribution is 7.85. The molecule has 1 atom stereocenters. The molecule has 9 heteroatoms. The minimum Gasteiger partial charge on any atom is -0.331 e. The first kappa shape index (κ1) is 26.5. The molecular weight excluding hydrogens is 536 g/mol. The summed E-state index contributed by atoms with van der Waals surface area (Å²) < 4.78 is 16.1. The van der Waals surface area contributed by atoms with E-state index in [-0.39, 0.29) is 21.9 Å². The molecule has 3 aromatic rings. The predicted octanol–water partition coefficient (Wildman–Crippen LogP) is 7.04. The van der Waals surface area contributed by atoms with Crippen molar-refractivity contribution in [1.29, 1.82) is 0 Å². The Morgan fingerprint density at radius 2 is 1.87 bits per heavy atom. The Bertz CT molecular complexity index is 1430. The minimum atomic E-state index is -0.981. The second-order valence-corrected chi connectivity index (χ2v) is 15.0. The van der Waals surface area contributed by atoms with Crippen LogP contribution in [-0.2, 0) is 10.8 Å². The Morgan fingerprint density at radius 3 is 2.53 bits per heavy atom. The van der Waals surface area contributed by atoms with E-state index in [4.69, 9.17) is 16.6 Å². The lowest BCUT2D eigenvalue weighted by Gasteiger charge is -2.52. The molecule has 2 aromatic heterocycles. The van der Waals surface area contributed by atoms with Crippen LogP contribution in [-0.4, -0.2) is 43.0 Å². The summed E-state index contributed by atoms with van der Waals surface area (Å²) in [7, 11) is -0.981. The number of nitrogens with one attached hydrogen (secondary N) is 1. The van der Waals surface area contributed by atoms with Crippen molar-refractivity contribution in [3.63, 3.8) is 0 Å². The summed E-state index contributed by atoms with van der Waals surface area (Å²) in [5.74, 6) is 0. The lowest BCUT2D eigenvalue weighted by atomic mass is 9.63. The Balaban J connectivity index is 1.15. The molecule has 1 aromatic carbocycles. The van der Waals surface area contributed by atoms with Gasteiger partial charge in [-0.1, -0.05) is 35.8 Å². The van der Waals surface area contributed by atoms with Gasteiger partial charge in [0.2, 0.25) is 0 Å². The number of benzene rings is 1. The van der Waals surface area contributed by atoms with Gasteiger partial charge in [0, 0.05) is 27.9 Å². The fourth-order valence-electron chi connectivity index (χ4n) is 6.72. The molecule has 3 aliphatic rings. The van der Waals surface area contributed by atoms with Crippen molar-refractivity contribution >= 4 is 54.9 Å². The molecule has 1 unspecified atom stereocenters. The van der Waals surface area contributed by atoms with Crippen molar-refractivity contribution in [3.8, 4) is 0 Å². The summed E-state index contributed by atoms with van der Waals surface area (Å²) in [6, 6.07) is 8.60. The lowest BCUT2D eigenvalue weighted by molar-refractivity contribution is 0.0257.